The Balaban J connectivity index is 0.994. The van der Waals surface area contributed by atoms with E-state index in [4.69, 9.17) is 37.9 Å². The van der Waals surface area contributed by atoms with Crippen LogP contribution in [-0.2, 0) is 44.4 Å². The van der Waals surface area contributed by atoms with Crippen LogP contribution < -0.4 is 21.3 Å². The second-order valence-corrected chi connectivity index (χ2v) is 11.7. The summed E-state index contributed by atoms with van der Waals surface area (Å²) in [6, 6.07) is 9.78. The van der Waals surface area contributed by atoms with Crippen molar-refractivity contribution in [2.45, 2.75) is 13.5 Å². The van der Waals surface area contributed by atoms with Gasteiger partial charge >= 0.3 is 0 Å². The van der Waals surface area contributed by atoms with Gasteiger partial charge in [0, 0.05) is 32.5 Å². The van der Waals surface area contributed by atoms with E-state index < -0.39 is 11.7 Å². The summed E-state index contributed by atoms with van der Waals surface area (Å²) in [5, 5.41) is 22.5. The van der Waals surface area contributed by atoms with Gasteiger partial charge in [-0.15, -0.1) is 0 Å². The van der Waals surface area contributed by atoms with Gasteiger partial charge in [-0.1, -0.05) is 6.07 Å². The zero-order chi connectivity index (χ0) is 37.5. The number of aromatic nitrogens is 1. The Morgan fingerprint density at radius 1 is 0.698 bits per heavy atom. The molecule has 0 fully saturated rings. The molecule has 0 aliphatic carbocycles. The fourth-order valence-corrected chi connectivity index (χ4v) is 4.96. The van der Waals surface area contributed by atoms with Gasteiger partial charge in [0.25, 0.3) is 5.91 Å². The maximum absolute atomic E-state index is 14.6. The summed E-state index contributed by atoms with van der Waals surface area (Å²) in [5.41, 5.74) is 3.21. The number of nitrogens with one attached hydrogen (secondary N) is 4. The van der Waals surface area contributed by atoms with E-state index in [0.717, 1.165) is 5.56 Å². The lowest BCUT2D eigenvalue weighted by Gasteiger charge is -2.14. The average molecular weight is 746 g/mol. The van der Waals surface area contributed by atoms with Crippen molar-refractivity contribution >= 4 is 34.5 Å². The Bertz CT molecular complexity index is 1540. The molecule has 2 aromatic carbocycles. The predicted molar refractivity (Wildman–Crippen MR) is 197 cm³/mol. The minimum absolute atomic E-state index is 0.0394. The van der Waals surface area contributed by atoms with E-state index in [1.54, 1.807) is 20.1 Å². The fraction of sp³-hybridized carbons (Fsp3) is 0.514. The first-order valence-corrected chi connectivity index (χ1v) is 17.7. The van der Waals surface area contributed by atoms with Crippen LogP contribution in [0.15, 0.2) is 42.6 Å². The number of benzene rings is 2. The third kappa shape index (κ3) is 15.1. The van der Waals surface area contributed by atoms with E-state index in [-0.39, 0.29) is 17.0 Å². The number of nitrogens with zero attached hydrogens (tertiary/aromatic N) is 1. The van der Waals surface area contributed by atoms with Gasteiger partial charge in [-0.05, 0) is 42.3 Å². The number of aryl methyl sites for hydroxylation is 1. The molecule has 53 heavy (non-hydrogen) atoms. The molecule has 4 rings (SSSR count). The molecule has 1 amide bonds. The molecular weight excluding hydrogens is 693 g/mol. The van der Waals surface area contributed by atoms with Crippen molar-refractivity contribution in [1.29, 1.82) is 0 Å². The lowest BCUT2D eigenvalue weighted by atomic mass is 10.1. The van der Waals surface area contributed by atoms with Crippen molar-refractivity contribution in [2.24, 2.45) is 0 Å². The van der Waals surface area contributed by atoms with Crippen molar-refractivity contribution in [3.63, 3.8) is 0 Å². The van der Waals surface area contributed by atoms with Gasteiger partial charge in [-0.2, -0.15) is 0 Å². The topological polar surface area (TPSA) is 172 Å². The highest BCUT2D eigenvalue weighted by Crippen LogP contribution is 2.36. The molecule has 0 atom stereocenters. The summed E-state index contributed by atoms with van der Waals surface area (Å²) in [7, 11) is 1.64. The Hall–Kier alpha value is -3.97. The molecule has 0 bridgehead atoms. The van der Waals surface area contributed by atoms with Crippen LogP contribution in [0.5, 0.6) is 5.75 Å². The van der Waals surface area contributed by atoms with Crippen LogP contribution >= 0.6 is 0 Å². The van der Waals surface area contributed by atoms with Gasteiger partial charge < -0.3 is 64.3 Å². The normalized spacial score (nSPS) is 12.2. The predicted octanol–water partition coefficient (Wildman–Crippen LogP) is 4.14. The second kappa shape index (κ2) is 24.4. The van der Waals surface area contributed by atoms with Crippen LogP contribution in [0.4, 0.5) is 33.0 Å². The number of halogens is 1. The summed E-state index contributed by atoms with van der Waals surface area (Å²) in [6.07, 6.45) is 1.52. The van der Waals surface area contributed by atoms with Crippen molar-refractivity contribution in [3.8, 4) is 5.75 Å². The molecule has 1 aliphatic heterocycles. The summed E-state index contributed by atoms with van der Waals surface area (Å²) in [4.78, 5) is 17.7. The molecule has 0 unspecified atom stereocenters. The number of amides is 1. The molecule has 0 spiro atoms. The zero-order valence-electron chi connectivity index (χ0n) is 30.5. The molecule has 0 saturated carbocycles. The van der Waals surface area contributed by atoms with Gasteiger partial charge in [-0.3, -0.25) is 4.79 Å². The van der Waals surface area contributed by atoms with Crippen molar-refractivity contribution in [1.82, 2.24) is 10.3 Å². The van der Waals surface area contributed by atoms with Gasteiger partial charge in [0.1, 0.15) is 22.9 Å². The molecule has 1 aliphatic rings. The van der Waals surface area contributed by atoms with E-state index in [1.807, 2.05) is 18.2 Å². The molecule has 0 radical (unpaired) electrons. The first kappa shape index (κ1) is 41.8. The highest BCUT2D eigenvalue weighted by Gasteiger charge is 2.24. The summed E-state index contributed by atoms with van der Waals surface area (Å²) >= 11 is 0. The fourth-order valence-electron chi connectivity index (χ4n) is 4.96. The van der Waals surface area contributed by atoms with Gasteiger partial charge in [0.05, 0.1) is 122 Å². The average Bonchev–Trinajstić information content (AvgIpc) is 3.29. The first-order valence-electron chi connectivity index (χ1n) is 17.7. The molecule has 1 aromatic heterocycles. The number of carbonyl (C=O) groups is 1. The highest BCUT2D eigenvalue weighted by atomic mass is 19.1. The Morgan fingerprint density at radius 3 is 1.85 bits per heavy atom. The van der Waals surface area contributed by atoms with Gasteiger partial charge in [0.15, 0.2) is 0 Å². The van der Waals surface area contributed by atoms with Gasteiger partial charge in [0.2, 0.25) is 0 Å². The number of phenols is 1. The minimum atomic E-state index is -0.555. The lowest BCUT2D eigenvalue weighted by Crippen LogP contribution is -2.20. The lowest BCUT2D eigenvalue weighted by molar-refractivity contribution is -0.0220. The smallest absolute Gasteiger partial charge is 0.261 e. The van der Waals surface area contributed by atoms with Crippen molar-refractivity contribution < 1.29 is 52.2 Å². The molecule has 0 saturated heterocycles. The number of anilines is 5. The first-order chi connectivity index (χ1) is 26.0. The summed E-state index contributed by atoms with van der Waals surface area (Å²) in [5.74, 6) is -0.706. The number of ether oxygens (including phenoxy) is 8. The summed E-state index contributed by atoms with van der Waals surface area (Å²) < 4.78 is 57.8. The van der Waals surface area contributed by atoms with E-state index in [0.29, 0.717) is 141 Å². The van der Waals surface area contributed by atoms with Crippen LogP contribution in [0.1, 0.15) is 21.5 Å². The van der Waals surface area contributed by atoms with E-state index in [9.17, 15) is 14.3 Å². The van der Waals surface area contributed by atoms with Crippen LogP contribution in [0.25, 0.3) is 0 Å². The minimum Gasteiger partial charge on any atom is -0.508 e. The monoisotopic (exact) mass is 745 g/mol. The third-order valence-corrected chi connectivity index (χ3v) is 7.73. The Morgan fingerprint density at radius 2 is 1.26 bits per heavy atom. The zero-order valence-corrected chi connectivity index (χ0v) is 30.5. The van der Waals surface area contributed by atoms with Crippen LogP contribution in [0.3, 0.4) is 0 Å². The number of carbonyl (C=O) groups excluding carboxylic acids is 1. The molecule has 292 valence electrons. The third-order valence-electron chi connectivity index (χ3n) is 7.73. The van der Waals surface area contributed by atoms with Crippen molar-refractivity contribution in [2.75, 3.05) is 129 Å². The van der Waals surface area contributed by atoms with E-state index in [2.05, 4.69) is 26.3 Å². The maximum atomic E-state index is 14.6. The van der Waals surface area contributed by atoms with Crippen LogP contribution in [0, 0.1) is 12.7 Å². The number of aromatic hydroxyl groups is 1. The molecule has 2 heterocycles. The number of pyridine rings is 1. The maximum Gasteiger partial charge on any atom is 0.261 e. The van der Waals surface area contributed by atoms with Crippen LogP contribution in [0.2, 0.25) is 0 Å². The number of rotatable bonds is 28. The molecular formula is C37H52FN5O10. The number of phenolic OH excluding ortho intramolecular Hbond substituents is 1. The number of hydrogen-bond donors (Lipinski definition) is 5. The quantitative estimate of drug-likeness (QED) is 0.0672. The standard InChI is InChI=1S/C37H52FN5O10/c1-27-23-29(38)32(25-34(27)44)41-31-5-6-40-36-35(31)37(45)43-33-24-28(3-4-30(33)42-36)26-39-7-8-47-11-12-49-15-16-51-19-20-53-22-21-52-18-17-50-14-13-48-10-9-46-2/h3-6,23-25,39,44H,7-22,26H2,1-2H3,(H,43,45)(H2,40,41,42). The Kier molecular flexibility index (Phi) is 19.2. The van der Waals surface area contributed by atoms with E-state index >= 15 is 0 Å². The molecule has 3 aromatic rings. The molecule has 16 heteroatoms. The second-order valence-electron chi connectivity index (χ2n) is 11.7. The SMILES string of the molecule is COCCOCCOCCOCCOCCOCCOCCOCCNCc1ccc2c(c1)NC(=O)c1c(Nc3cc(O)c(C)cc3F)ccnc1N2. The van der Waals surface area contributed by atoms with Crippen LogP contribution in [-0.4, -0.2) is 129 Å². The molecule has 15 nitrogen and oxygen atoms in total. The van der Waals surface area contributed by atoms with Gasteiger partial charge in [-0.25, -0.2) is 9.37 Å². The largest absolute Gasteiger partial charge is 0.508 e. The number of hydrogen-bond acceptors (Lipinski definition) is 14. The summed E-state index contributed by atoms with van der Waals surface area (Å²) in [6.45, 7) is 10.4. The van der Waals surface area contributed by atoms with Crippen molar-refractivity contribution in [3.05, 3.63) is 65.1 Å². The highest BCUT2D eigenvalue weighted by molar-refractivity contribution is 6.15. The Labute approximate surface area is 309 Å². The number of methoxy groups -OCH3 is 1. The molecule has 5 N–H and O–H groups in total. The number of fused-ring (bicyclic) bond motifs is 2. The van der Waals surface area contributed by atoms with E-state index in [1.165, 1.54) is 18.3 Å².